The number of phenols is 1. The molecular formula is C15H21NO3. The van der Waals surface area contributed by atoms with Crippen molar-refractivity contribution in [3.63, 3.8) is 0 Å². The minimum atomic E-state index is -0.161. The average molecular weight is 263 g/mol. The molecule has 0 spiro atoms. The highest BCUT2D eigenvalue weighted by Crippen LogP contribution is 2.40. The maximum Gasteiger partial charge on any atom is 0.305 e. The van der Waals surface area contributed by atoms with Gasteiger partial charge in [0.2, 0.25) is 0 Å². The van der Waals surface area contributed by atoms with E-state index in [1.165, 1.54) is 0 Å². The number of phenolic OH excluding ortho intramolecular Hbond substituents is 1. The van der Waals surface area contributed by atoms with Gasteiger partial charge in [-0.3, -0.25) is 4.79 Å². The van der Waals surface area contributed by atoms with E-state index >= 15 is 0 Å². The van der Waals surface area contributed by atoms with Crippen molar-refractivity contribution in [1.29, 1.82) is 0 Å². The molecule has 1 aliphatic carbocycles. The van der Waals surface area contributed by atoms with Gasteiger partial charge in [0.25, 0.3) is 0 Å². The lowest BCUT2D eigenvalue weighted by Crippen LogP contribution is -2.25. The molecule has 1 aromatic rings. The van der Waals surface area contributed by atoms with Crippen molar-refractivity contribution in [3.8, 4) is 5.75 Å². The van der Waals surface area contributed by atoms with Crippen LogP contribution in [-0.4, -0.2) is 23.7 Å². The quantitative estimate of drug-likeness (QED) is 0.798. The van der Waals surface area contributed by atoms with Gasteiger partial charge in [-0.1, -0.05) is 12.1 Å². The molecule has 0 saturated heterocycles. The number of hydrogen-bond acceptors (Lipinski definition) is 4. The van der Waals surface area contributed by atoms with Crippen LogP contribution in [0.25, 0.3) is 0 Å². The standard InChI is InChI=1S/C15H21NO3/c1-2-19-14(18)8-4-6-11-12(16)9-10-5-3-7-13(17)15(10)11/h3,5,7,11-12,17H,2,4,6,8-9,16H2,1H3. The number of carbonyl (C=O) groups excluding carboxylic acids is 1. The lowest BCUT2D eigenvalue weighted by Gasteiger charge is -2.17. The summed E-state index contributed by atoms with van der Waals surface area (Å²) in [4.78, 5) is 11.3. The van der Waals surface area contributed by atoms with Crippen LogP contribution in [0.3, 0.4) is 0 Å². The molecule has 0 saturated carbocycles. The van der Waals surface area contributed by atoms with Crippen molar-refractivity contribution >= 4 is 5.97 Å². The Morgan fingerprint density at radius 1 is 1.53 bits per heavy atom. The maximum absolute atomic E-state index is 11.3. The summed E-state index contributed by atoms with van der Waals surface area (Å²) in [6.45, 7) is 2.23. The molecule has 0 heterocycles. The van der Waals surface area contributed by atoms with Gasteiger partial charge < -0.3 is 15.6 Å². The summed E-state index contributed by atoms with van der Waals surface area (Å²) >= 11 is 0. The summed E-state index contributed by atoms with van der Waals surface area (Å²) in [5.74, 6) is 0.309. The zero-order chi connectivity index (χ0) is 13.8. The zero-order valence-electron chi connectivity index (χ0n) is 11.3. The molecule has 4 heteroatoms. The van der Waals surface area contributed by atoms with Crippen molar-refractivity contribution < 1.29 is 14.6 Å². The van der Waals surface area contributed by atoms with Crippen molar-refractivity contribution in [2.45, 2.75) is 44.6 Å². The predicted molar refractivity (Wildman–Crippen MR) is 73.0 cm³/mol. The van der Waals surface area contributed by atoms with Gasteiger partial charge in [-0.15, -0.1) is 0 Å². The Morgan fingerprint density at radius 2 is 2.32 bits per heavy atom. The van der Waals surface area contributed by atoms with Crippen molar-refractivity contribution in [3.05, 3.63) is 29.3 Å². The lowest BCUT2D eigenvalue weighted by atomic mass is 9.92. The molecule has 19 heavy (non-hydrogen) atoms. The molecule has 1 aliphatic rings. The number of nitrogens with two attached hydrogens (primary N) is 1. The second-order valence-corrected chi connectivity index (χ2v) is 5.02. The number of esters is 1. The molecule has 0 amide bonds. The smallest absolute Gasteiger partial charge is 0.305 e. The van der Waals surface area contributed by atoms with Crippen LogP contribution < -0.4 is 5.73 Å². The Balaban J connectivity index is 1.97. The van der Waals surface area contributed by atoms with Gasteiger partial charge >= 0.3 is 5.97 Å². The van der Waals surface area contributed by atoms with Gasteiger partial charge in [-0.2, -0.15) is 0 Å². The molecule has 1 aromatic carbocycles. The average Bonchev–Trinajstić information content (AvgIpc) is 2.67. The first-order chi connectivity index (χ1) is 9.13. The second kappa shape index (κ2) is 6.06. The monoisotopic (exact) mass is 263 g/mol. The van der Waals surface area contributed by atoms with Gasteiger partial charge in [0.1, 0.15) is 5.75 Å². The van der Waals surface area contributed by atoms with E-state index in [1.54, 1.807) is 13.0 Å². The summed E-state index contributed by atoms with van der Waals surface area (Å²) in [5, 5.41) is 9.97. The summed E-state index contributed by atoms with van der Waals surface area (Å²) in [5.41, 5.74) is 8.25. The highest BCUT2D eigenvalue weighted by Gasteiger charge is 2.31. The molecule has 2 rings (SSSR count). The van der Waals surface area contributed by atoms with E-state index in [2.05, 4.69) is 0 Å². The van der Waals surface area contributed by atoms with Crippen LogP contribution in [0, 0.1) is 0 Å². The SMILES string of the molecule is CCOC(=O)CCCC1c2c(O)cccc2CC1N. The van der Waals surface area contributed by atoms with Crippen molar-refractivity contribution in [1.82, 2.24) is 0 Å². The molecule has 2 atom stereocenters. The Kier molecular flexibility index (Phi) is 4.43. The van der Waals surface area contributed by atoms with Crippen LogP contribution in [-0.2, 0) is 16.0 Å². The number of rotatable bonds is 5. The summed E-state index contributed by atoms with van der Waals surface area (Å²) in [7, 11) is 0. The fraction of sp³-hybridized carbons (Fsp3) is 0.533. The maximum atomic E-state index is 11.3. The van der Waals surface area contributed by atoms with E-state index in [0.29, 0.717) is 18.8 Å². The molecule has 3 N–H and O–H groups in total. The Labute approximate surface area is 113 Å². The number of benzene rings is 1. The highest BCUT2D eigenvalue weighted by atomic mass is 16.5. The van der Waals surface area contributed by atoms with Gasteiger partial charge in [-0.05, 0) is 37.8 Å². The molecule has 2 unspecified atom stereocenters. The molecule has 0 aromatic heterocycles. The van der Waals surface area contributed by atoms with E-state index in [4.69, 9.17) is 10.5 Å². The van der Waals surface area contributed by atoms with Gasteiger partial charge in [0.05, 0.1) is 6.61 Å². The fourth-order valence-corrected chi connectivity index (χ4v) is 2.87. The minimum absolute atomic E-state index is 0.0329. The molecular weight excluding hydrogens is 242 g/mol. The number of carbonyl (C=O) groups is 1. The van der Waals surface area contributed by atoms with Crippen LogP contribution in [0.2, 0.25) is 0 Å². The predicted octanol–water partition coefficient (Wildman–Crippen LogP) is 2.09. The minimum Gasteiger partial charge on any atom is -0.508 e. The molecule has 0 aliphatic heterocycles. The summed E-state index contributed by atoms with van der Waals surface area (Å²) in [6, 6.07) is 5.60. The number of fused-ring (bicyclic) bond motifs is 1. The topological polar surface area (TPSA) is 72.5 Å². The van der Waals surface area contributed by atoms with Crippen molar-refractivity contribution in [2.24, 2.45) is 5.73 Å². The van der Waals surface area contributed by atoms with Gasteiger partial charge in [-0.25, -0.2) is 0 Å². The zero-order valence-corrected chi connectivity index (χ0v) is 11.3. The van der Waals surface area contributed by atoms with Gasteiger partial charge in [0.15, 0.2) is 0 Å². The molecule has 0 radical (unpaired) electrons. The van der Waals surface area contributed by atoms with E-state index in [1.807, 2.05) is 12.1 Å². The van der Waals surface area contributed by atoms with Crippen LogP contribution >= 0.6 is 0 Å². The summed E-state index contributed by atoms with van der Waals surface area (Å²) in [6.07, 6.45) is 2.77. The van der Waals surface area contributed by atoms with Gasteiger partial charge in [0, 0.05) is 23.9 Å². The van der Waals surface area contributed by atoms with E-state index < -0.39 is 0 Å². The third kappa shape index (κ3) is 3.07. The molecule has 4 nitrogen and oxygen atoms in total. The molecule has 104 valence electrons. The second-order valence-electron chi connectivity index (χ2n) is 5.02. The Bertz CT molecular complexity index is 459. The molecule has 0 fully saturated rings. The normalized spacial score (nSPS) is 21.2. The van der Waals surface area contributed by atoms with Crippen molar-refractivity contribution in [2.75, 3.05) is 6.61 Å². The first-order valence-corrected chi connectivity index (χ1v) is 6.85. The number of hydrogen-bond donors (Lipinski definition) is 2. The highest BCUT2D eigenvalue weighted by molar-refractivity contribution is 5.69. The Hall–Kier alpha value is -1.55. The molecule has 0 bridgehead atoms. The van der Waals surface area contributed by atoms with Crippen LogP contribution in [0.4, 0.5) is 0 Å². The largest absolute Gasteiger partial charge is 0.508 e. The van der Waals surface area contributed by atoms with Crippen LogP contribution in [0.1, 0.15) is 43.2 Å². The van der Waals surface area contributed by atoms with E-state index in [-0.39, 0.29) is 17.9 Å². The first-order valence-electron chi connectivity index (χ1n) is 6.85. The van der Waals surface area contributed by atoms with E-state index in [0.717, 1.165) is 30.4 Å². The van der Waals surface area contributed by atoms with E-state index in [9.17, 15) is 9.90 Å². The number of ether oxygens (including phenoxy) is 1. The lowest BCUT2D eigenvalue weighted by molar-refractivity contribution is -0.143. The summed E-state index contributed by atoms with van der Waals surface area (Å²) < 4.78 is 4.91. The van der Waals surface area contributed by atoms with Crippen LogP contribution in [0.15, 0.2) is 18.2 Å². The Morgan fingerprint density at radius 3 is 3.05 bits per heavy atom. The first kappa shape index (κ1) is 13.9. The third-order valence-electron chi connectivity index (χ3n) is 3.72. The number of aromatic hydroxyl groups is 1. The van der Waals surface area contributed by atoms with Crippen LogP contribution in [0.5, 0.6) is 5.75 Å². The fourth-order valence-electron chi connectivity index (χ4n) is 2.87. The third-order valence-corrected chi connectivity index (χ3v) is 3.72.